The van der Waals surface area contributed by atoms with Gasteiger partial charge in [0.1, 0.15) is 0 Å². The van der Waals surface area contributed by atoms with E-state index in [1.807, 2.05) is 0 Å². The van der Waals surface area contributed by atoms with Crippen molar-refractivity contribution >= 4 is 10.0 Å². The van der Waals surface area contributed by atoms with Crippen LogP contribution in [0.2, 0.25) is 0 Å². The third kappa shape index (κ3) is 3.43. The highest BCUT2D eigenvalue weighted by molar-refractivity contribution is 7.89. The largest absolute Gasteiger partial charge is 0.381 e. The molecule has 0 aromatic heterocycles. The summed E-state index contributed by atoms with van der Waals surface area (Å²) in [4.78, 5) is 0. The average Bonchev–Trinajstić information content (AvgIpc) is 2.18. The summed E-state index contributed by atoms with van der Waals surface area (Å²) < 4.78 is 30.3. The average molecular weight is 235 g/mol. The lowest BCUT2D eigenvalue weighted by molar-refractivity contribution is 0.0619. The Morgan fingerprint density at radius 2 is 1.87 bits per heavy atom. The van der Waals surface area contributed by atoms with Crippen molar-refractivity contribution in [2.45, 2.75) is 31.9 Å². The fourth-order valence-electron chi connectivity index (χ4n) is 1.76. The summed E-state index contributed by atoms with van der Waals surface area (Å²) in [7, 11) is -1.41. The Morgan fingerprint density at radius 3 is 2.33 bits per heavy atom. The minimum Gasteiger partial charge on any atom is -0.381 e. The van der Waals surface area contributed by atoms with Crippen molar-refractivity contribution < 1.29 is 13.2 Å². The van der Waals surface area contributed by atoms with Gasteiger partial charge in [0.05, 0.1) is 5.25 Å². The summed E-state index contributed by atoms with van der Waals surface area (Å²) in [5.41, 5.74) is 0. The molecule has 0 amide bonds. The zero-order chi connectivity index (χ0) is 11.5. The molecule has 90 valence electrons. The Balaban J connectivity index is 2.50. The third-order valence-electron chi connectivity index (χ3n) is 2.89. The molecule has 5 heteroatoms. The van der Waals surface area contributed by atoms with Crippen LogP contribution < -0.4 is 0 Å². The van der Waals surface area contributed by atoms with Gasteiger partial charge >= 0.3 is 0 Å². The quantitative estimate of drug-likeness (QED) is 0.732. The summed E-state index contributed by atoms with van der Waals surface area (Å²) in [5, 5.41) is -0.331. The standard InChI is InChI=1S/C10H21NO3S/c1-9(2)15(12,13)11(3)8-10-4-6-14-7-5-10/h9-10H,4-8H2,1-3H3. The lowest BCUT2D eigenvalue weighted by Crippen LogP contribution is -2.37. The van der Waals surface area contributed by atoms with E-state index >= 15 is 0 Å². The predicted molar refractivity (Wildman–Crippen MR) is 60.2 cm³/mol. The number of ether oxygens (including phenoxy) is 1. The number of sulfonamides is 1. The van der Waals surface area contributed by atoms with Gasteiger partial charge < -0.3 is 4.74 Å². The van der Waals surface area contributed by atoms with Gasteiger partial charge in [-0.3, -0.25) is 0 Å². The van der Waals surface area contributed by atoms with Crippen LogP contribution in [0.25, 0.3) is 0 Å². The first kappa shape index (κ1) is 12.9. The third-order valence-corrected chi connectivity index (χ3v) is 5.10. The zero-order valence-electron chi connectivity index (χ0n) is 9.77. The Bertz CT molecular complexity index is 281. The smallest absolute Gasteiger partial charge is 0.216 e. The molecule has 0 saturated carbocycles. The van der Waals surface area contributed by atoms with Crippen LogP contribution in [0.15, 0.2) is 0 Å². The van der Waals surface area contributed by atoms with Gasteiger partial charge in [-0.05, 0) is 32.6 Å². The van der Waals surface area contributed by atoms with E-state index in [1.54, 1.807) is 20.9 Å². The topological polar surface area (TPSA) is 46.6 Å². The molecule has 1 rings (SSSR count). The highest BCUT2D eigenvalue weighted by Crippen LogP contribution is 2.18. The van der Waals surface area contributed by atoms with E-state index in [4.69, 9.17) is 4.74 Å². The molecule has 4 nitrogen and oxygen atoms in total. The number of hydrogen-bond donors (Lipinski definition) is 0. The fraction of sp³-hybridized carbons (Fsp3) is 1.00. The van der Waals surface area contributed by atoms with Crippen LogP contribution >= 0.6 is 0 Å². The van der Waals surface area contributed by atoms with E-state index in [-0.39, 0.29) is 5.25 Å². The van der Waals surface area contributed by atoms with Gasteiger partial charge in [-0.2, -0.15) is 0 Å². The van der Waals surface area contributed by atoms with Crippen molar-refractivity contribution in [3.63, 3.8) is 0 Å². The van der Waals surface area contributed by atoms with Crippen molar-refractivity contribution in [1.82, 2.24) is 4.31 Å². The predicted octanol–water partition coefficient (Wildman–Crippen LogP) is 1.08. The summed E-state index contributed by atoms with van der Waals surface area (Å²) in [6.07, 6.45) is 1.94. The second kappa shape index (κ2) is 5.27. The van der Waals surface area contributed by atoms with Crippen molar-refractivity contribution in [2.24, 2.45) is 5.92 Å². The summed E-state index contributed by atoms with van der Waals surface area (Å²) in [6.45, 7) is 5.59. The van der Waals surface area contributed by atoms with Crippen molar-refractivity contribution in [3.05, 3.63) is 0 Å². The molecule has 0 unspecified atom stereocenters. The van der Waals surface area contributed by atoms with Crippen LogP contribution in [0.1, 0.15) is 26.7 Å². The second-order valence-electron chi connectivity index (χ2n) is 4.43. The Hall–Kier alpha value is -0.130. The van der Waals surface area contributed by atoms with Gasteiger partial charge in [0.25, 0.3) is 0 Å². The molecule has 0 aliphatic carbocycles. The molecule has 0 bridgehead atoms. The molecule has 0 aromatic rings. The van der Waals surface area contributed by atoms with Gasteiger partial charge in [0.2, 0.25) is 10.0 Å². The lowest BCUT2D eigenvalue weighted by Gasteiger charge is -2.27. The Kier molecular flexibility index (Phi) is 4.55. The van der Waals surface area contributed by atoms with Gasteiger partial charge in [-0.1, -0.05) is 0 Å². The summed E-state index contributed by atoms with van der Waals surface area (Å²) in [5.74, 6) is 0.456. The minimum absolute atomic E-state index is 0.331. The van der Waals surface area contributed by atoms with Gasteiger partial charge in [0, 0.05) is 26.8 Å². The maximum atomic E-state index is 11.8. The van der Waals surface area contributed by atoms with Crippen LogP contribution in [-0.4, -0.2) is 44.8 Å². The number of hydrogen-bond acceptors (Lipinski definition) is 3. The molecule has 1 aliphatic heterocycles. The monoisotopic (exact) mass is 235 g/mol. The van der Waals surface area contributed by atoms with E-state index in [1.165, 1.54) is 4.31 Å². The fourth-order valence-corrected chi connectivity index (χ4v) is 2.89. The highest BCUT2D eigenvalue weighted by atomic mass is 32.2. The van der Waals surface area contributed by atoms with Crippen molar-refractivity contribution in [1.29, 1.82) is 0 Å². The second-order valence-corrected chi connectivity index (χ2v) is 7.03. The Labute approximate surface area is 92.7 Å². The molecule has 1 heterocycles. The molecular weight excluding hydrogens is 214 g/mol. The molecule has 0 N–H and O–H groups in total. The molecule has 0 aromatic carbocycles. The first-order chi connectivity index (χ1) is 6.94. The zero-order valence-corrected chi connectivity index (χ0v) is 10.6. The van der Waals surface area contributed by atoms with Gasteiger partial charge in [0.15, 0.2) is 0 Å². The molecule has 0 atom stereocenters. The molecule has 0 radical (unpaired) electrons. The van der Waals surface area contributed by atoms with E-state index in [9.17, 15) is 8.42 Å². The van der Waals surface area contributed by atoms with Gasteiger partial charge in [-0.25, -0.2) is 12.7 Å². The first-order valence-electron chi connectivity index (χ1n) is 5.47. The van der Waals surface area contributed by atoms with E-state index in [0.29, 0.717) is 12.5 Å². The van der Waals surface area contributed by atoms with Crippen LogP contribution in [0.3, 0.4) is 0 Å². The van der Waals surface area contributed by atoms with Crippen LogP contribution in [-0.2, 0) is 14.8 Å². The van der Waals surface area contributed by atoms with E-state index < -0.39 is 10.0 Å². The molecule has 1 aliphatic rings. The number of nitrogens with zero attached hydrogens (tertiary/aromatic N) is 1. The molecule has 0 spiro atoms. The molecule has 1 fully saturated rings. The molecule has 1 saturated heterocycles. The molecular formula is C10H21NO3S. The normalized spacial score (nSPS) is 20.1. The maximum absolute atomic E-state index is 11.8. The summed E-state index contributed by atoms with van der Waals surface area (Å²) in [6, 6.07) is 0. The van der Waals surface area contributed by atoms with Crippen LogP contribution in [0, 0.1) is 5.92 Å². The van der Waals surface area contributed by atoms with Crippen molar-refractivity contribution in [3.8, 4) is 0 Å². The number of rotatable bonds is 4. The lowest BCUT2D eigenvalue weighted by atomic mass is 10.0. The Morgan fingerprint density at radius 1 is 1.33 bits per heavy atom. The molecule has 15 heavy (non-hydrogen) atoms. The van der Waals surface area contributed by atoms with Crippen LogP contribution in [0.5, 0.6) is 0 Å². The van der Waals surface area contributed by atoms with Gasteiger partial charge in [-0.15, -0.1) is 0 Å². The highest BCUT2D eigenvalue weighted by Gasteiger charge is 2.25. The van der Waals surface area contributed by atoms with E-state index in [0.717, 1.165) is 26.1 Å². The maximum Gasteiger partial charge on any atom is 0.216 e. The van der Waals surface area contributed by atoms with Crippen molar-refractivity contribution in [2.75, 3.05) is 26.8 Å². The SMILES string of the molecule is CC(C)S(=O)(=O)N(C)CC1CCOCC1. The van der Waals surface area contributed by atoms with E-state index in [2.05, 4.69) is 0 Å². The minimum atomic E-state index is -3.08. The summed E-state index contributed by atoms with van der Waals surface area (Å²) >= 11 is 0. The van der Waals surface area contributed by atoms with Crippen LogP contribution in [0.4, 0.5) is 0 Å². The first-order valence-corrected chi connectivity index (χ1v) is 6.98.